The van der Waals surface area contributed by atoms with E-state index in [1.54, 1.807) is 6.08 Å². The average Bonchev–Trinajstić information content (AvgIpc) is 1.81. The van der Waals surface area contributed by atoms with E-state index < -0.39 is 8.07 Å². The molecule has 0 aliphatic rings. The number of rotatable bonds is 1. The summed E-state index contributed by atoms with van der Waals surface area (Å²) in [5, 5.41) is 0. The predicted octanol–water partition coefficient (Wildman–Crippen LogP) is 2.61. The predicted molar refractivity (Wildman–Crippen MR) is 50.5 cm³/mol. The molecule has 0 aliphatic heterocycles. The zero-order chi connectivity index (χ0) is 8.20. The Morgan fingerprint density at radius 3 is 2.20 bits per heavy atom. The van der Waals surface area contributed by atoms with Crippen molar-refractivity contribution in [3.63, 3.8) is 0 Å². The highest BCUT2D eigenvalue weighted by Gasteiger charge is 2.06. The summed E-state index contributed by atoms with van der Waals surface area (Å²) in [6.45, 7) is 13.9. The van der Waals surface area contributed by atoms with Crippen LogP contribution in [0.3, 0.4) is 0 Å². The minimum Gasteiger partial charge on any atom is -0.127 e. The van der Waals surface area contributed by atoms with Crippen molar-refractivity contribution in [3.05, 3.63) is 24.8 Å². The van der Waals surface area contributed by atoms with E-state index in [0.717, 1.165) is 5.57 Å². The largest absolute Gasteiger partial charge is 0.129 e. The van der Waals surface area contributed by atoms with Gasteiger partial charge in [-0.25, -0.2) is 0 Å². The van der Waals surface area contributed by atoms with Crippen LogP contribution in [0.15, 0.2) is 24.8 Å². The quantitative estimate of drug-likeness (QED) is 0.306. The molecule has 0 atom stereocenters. The molecule has 0 bridgehead atoms. The van der Waals surface area contributed by atoms with E-state index in [1.165, 1.54) is 0 Å². The number of hydrogen-bond acceptors (Lipinski definition) is 0. The first-order valence-electron chi connectivity index (χ1n) is 3.30. The standard InChI is InChI=1S/C9H14Si/c1-6-9(2)7-8-10(3,4)5/h6H,1-2H2,3-5H3. The van der Waals surface area contributed by atoms with Crippen molar-refractivity contribution >= 4 is 8.07 Å². The van der Waals surface area contributed by atoms with Gasteiger partial charge in [-0.3, -0.25) is 0 Å². The summed E-state index contributed by atoms with van der Waals surface area (Å²) in [4.78, 5) is 0. The molecule has 54 valence electrons. The Morgan fingerprint density at radius 1 is 1.40 bits per heavy atom. The van der Waals surface area contributed by atoms with Gasteiger partial charge in [-0.15, -0.1) is 5.54 Å². The first-order chi connectivity index (χ1) is 4.45. The minimum atomic E-state index is -1.21. The van der Waals surface area contributed by atoms with Crippen LogP contribution in [0.4, 0.5) is 0 Å². The normalized spacial score (nSPS) is 9.50. The van der Waals surface area contributed by atoms with Gasteiger partial charge in [0.05, 0.1) is 0 Å². The molecule has 0 radical (unpaired) electrons. The molecule has 0 aromatic rings. The van der Waals surface area contributed by atoms with Crippen LogP contribution in [-0.2, 0) is 0 Å². The maximum absolute atomic E-state index is 3.71. The molecule has 0 spiro atoms. The van der Waals surface area contributed by atoms with Gasteiger partial charge < -0.3 is 0 Å². The van der Waals surface area contributed by atoms with Gasteiger partial charge in [-0.1, -0.05) is 44.8 Å². The fraction of sp³-hybridized carbons (Fsp3) is 0.333. The van der Waals surface area contributed by atoms with Gasteiger partial charge in [0, 0.05) is 5.57 Å². The van der Waals surface area contributed by atoms with E-state index in [4.69, 9.17) is 0 Å². The van der Waals surface area contributed by atoms with Gasteiger partial charge in [0.1, 0.15) is 8.07 Å². The van der Waals surface area contributed by atoms with E-state index in [1.807, 2.05) is 0 Å². The zero-order valence-electron chi connectivity index (χ0n) is 6.99. The lowest BCUT2D eigenvalue weighted by molar-refractivity contribution is 1.80. The molecule has 0 saturated carbocycles. The molecule has 0 aliphatic carbocycles. The second-order valence-electron chi connectivity index (χ2n) is 3.23. The molecule has 0 unspecified atom stereocenters. The Balaban J connectivity index is 4.18. The molecule has 0 aromatic heterocycles. The summed E-state index contributed by atoms with van der Waals surface area (Å²) in [6, 6.07) is 0. The molecular formula is C9H14Si. The highest BCUT2D eigenvalue weighted by Crippen LogP contribution is 1.97. The van der Waals surface area contributed by atoms with E-state index in [0.29, 0.717) is 0 Å². The Kier molecular flexibility index (Phi) is 3.18. The van der Waals surface area contributed by atoms with Crippen molar-refractivity contribution in [2.75, 3.05) is 0 Å². The van der Waals surface area contributed by atoms with Crippen LogP contribution in [0, 0.1) is 11.5 Å². The molecule has 0 rings (SSSR count). The molecule has 0 N–H and O–H groups in total. The molecule has 1 heteroatoms. The highest BCUT2D eigenvalue weighted by molar-refractivity contribution is 6.83. The summed E-state index contributed by atoms with van der Waals surface area (Å²) in [5.41, 5.74) is 4.01. The molecule has 0 fully saturated rings. The molecule has 10 heavy (non-hydrogen) atoms. The molecule has 0 heterocycles. The summed E-state index contributed by atoms with van der Waals surface area (Å²) >= 11 is 0. The third kappa shape index (κ3) is 5.39. The smallest absolute Gasteiger partial charge is 0.127 e. The second kappa shape index (κ2) is 3.43. The van der Waals surface area contributed by atoms with Crippen LogP contribution < -0.4 is 0 Å². The van der Waals surface area contributed by atoms with Gasteiger partial charge in [0.2, 0.25) is 0 Å². The summed E-state index contributed by atoms with van der Waals surface area (Å²) in [5.74, 6) is 2.97. The number of allylic oxidation sites excluding steroid dienone is 2. The van der Waals surface area contributed by atoms with E-state index in [-0.39, 0.29) is 0 Å². The molecular weight excluding hydrogens is 136 g/mol. The van der Waals surface area contributed by atoms with Crippen molar-refractivity contribution in [1.29, 1.82) is 0 Å². The Bertz CT molecular complexity index is 195. The van der Waals surface area contributed by atoms with Crippen molar-refractivity contribution in [2.24, 2.45) is 0 Å². The van der Waals surface area contributed by atoms with E-state index in [9.17, 15) is 0 Å². The second-order valence-corrected chi connectivity index (χ2v) is 7.98. The van der Waals surface area contributed by atoms with Crippen LogP contribution in [0.5, 0.6) is 0 Å². The average molecular weight is 150 g/mol. The Labute approximate surface area is 64.7 Å². The van der Waals surface area contributed by atoms with Gasteiger partial charge in [-0.2, -0.15) is 0 Å². The zero-order valence-corrected chi connectivity index (χ0v) is 7.99. The number of hydrogen-bond donors (Lipinski definition) is 0. The third-order valence-corrected chi connectivity index (χ3v) is 1.72. The van der Waals surface area contributed by atoms with Crippen molar-refractivity contribution in [2.45, 2.75) is 19.6 Å². The Morgan fingerprint density at radius 2 is 1.90 bits per heavy atom. The monoisotopic (exact) mass is 150 g/mol. The molecule has 0 saturated heterocycles. The first kappa shape index (κ1) is 9.26. The fourth-order valence-corrected chi connectivity index (χ4v) is 0.854. The van der Waals surface area contributed by atoms with Gasteiger partial charge in [0.15, 0.2) is 0 Å². The minimum absolute atomic E-state index is 0.822. The van der Waals surface area contributed by atoms with Crippen LogP contribution in [0.1, 0.15) is 0 Å². The first-order valence-corrected chi connectivity index (χ1v) is 6.80. The lowest BCUT2D eigenvalue weighted by Crippen LogP contribution is -2.16. The van der Waals surface area contributed by atoms with E-state index in [2.05, 4.69) is 44.3 Å². The highest BCUT2D eigenvalue weighted by atomic mass is 28.3. The van der Waals surface area contributed by atoms with Crippen molar-refractivity contribution in [3.8, 4) is 11.5 Å². The van der Waals surface area contributed by atoms with E-state index >= 15 is 0 Å². The summed E-state index contributed by atoms with van der Waals surface area (Å²) in [6.07, 6.45) is 1.69. The van der Waals surface area contributed by atoms with Gasteiger partial charge in [-0.05, 0) is 0 Å². The van der Waals surface area contributed by atoms with Crippen LogP contribution in [0.2, 0.25) is 19.6 Å². The summed E-state index contributed by atoms with van der Waals surface area (Å²) < 4.78 is 0. The van der Waals surface area contributed by atoms with Crippen molar-refractivity contribution in [1.82, 2.24) is 0 Å². The van der Waals surface area contributed by atoms with Crippen LogP contribution in [-0.4, -0.2) is 8.07 Å². The summed E-state index contributed by atoms with van der Waals surface area (Å²) in [7, 11) is -1.21. The molecule has 0 amide bonds. The maximum Gasteiger partial charge on any atom is 0.129 e. The fourth-order valence-electron chi connectivity index (χ4n) is 0.319. The maximum atomic E-state index is 3.71. The lowest BCUT2D eigenvalue weighted by atomic mass is 10.3. The van der Waals surface area contributed by atoms with Crippen LogP contribution >= 0.6 is 0 Å². The van der Waals surface area contributed by atoms with Gasteiger partial charge in [0.25, 0.3) is 0 Å². The molecule has 0 nitrogen and oxygen atoms in total. The molecule has 0 aromatic carbocycles. The third-order valence-electron chi connectivity index (χ3n) is 0.844. The van der Waals surface area contributed by atoms with Crippen molar-refractivity contribution < 1.29 is 0 Å². The van der Waals surface area contributed by atoms with Gasteiger partial charge >= 0.3 is 0 Å². The Hall–Kier alpha value is -0.743. The SMILES string of the molecule is C=CC(=C)C#C[Si](C)(C)C. The topological polar surface area (TPSA) is 0 Å². The lowest BCUT2D eigenvalue weighted by Gasteiger charge is -2.02. The van der Waals surface area contributed by atoms with Crippen LogP contribution in [0.25, 0.3) is 0 Å².